The number of carbonyl (C=O) groups is 1. The number of rotatable bonds is 8. The highest BCUT2D eigenvalue weighted by Gasteiger charge is 2.20. The third-order valence-electron chi connectivity index (χ3n) is 5.44. The van der Waals surface area contributed by atoms with E-state index in [1.807, 2.05) is 6.20 Å². The number of thiophene rings is 1. The lowest BCUT2D eigenvalue weighted by Crippen LogP contribution is -2.33. The van der Waals surface area contributed by atoms with E-state index in [0.29, 0.717) is 12.3 Å². The van der Waals surface area contributed by atoms with E-state index in [2.05, 4.69) is 43.8 Å². The fraction of sp³-hybridized carbons (Fsp3) is 0.409. The lowest BCUT2D eigenvalue weighted by atomic mass is 9.91. The number of hydrogen-bond acceptors (Lipinski definition) is 6. The first-order valence-corrected chi connectivity index (χ1v) is 10.8. The molecule has 0 spiro atoms. The van der Waals surface area contributed by atoms with Gasteiger partial charge in [0.15, 0.2) is 0 Å². The van der Waals surface area contributed by atoms with Gasteiger partial charge in [0, 0.05) is 30.1 Å². The summed E-state index contributed by atoms with van der Waals surface area (Å²) < 4.78 is 5.06. The molecule has 1 saturated heterocycles. The lowest BCUT2D eigenvalue weighted by molar-refractivity contribution is 0.0940. The number of nitrogens with zero attached hydrogens (tertiary/aromatic N) is 3. The van der Waals surface area contributed by atoms with Crippen molar-refractivity contribution in [1.82, 2.24) is 14.9 Å². The average molecular weight is 396 g/mol. The fourth-order valence-electron chi connectivity index (χ4n) is 3.81. The number of carbonyl (C=O) groups excluding carboxylic acids is 1. The zero-order valence-corrected chi connectivity index (χ0v) is 16.7. The monoisotopic (exact) mass is 395 g/mol. The number of Topliss-reactive ketones (excluding diaryl/α,β-unsaturated/α-hetero) is 1. The summed E-state index contributed by atoms with van der Waals surface area (Å²) in [6.45, 7) is 3.20. The summed E-state index contributed by atoms with van der Waals surface area (Å²) in [6, 6.07) is 6.42. The van der Waals surface area contributed by atoms with Gasteiger partial charge in [-0.05, 0) is 67.8 Å². The Bertz CT molecular complexity index is 852. The predicted molar refractivity (Wildman–Crippen MR) is 110 cm³/mol. The van der Waals surface area contributed by atoms with Crippen LogP contribution in [0.25, 0.3) is 11.3 Å². The molecule has 0 unspecified atom stereocenters. The van der Waals surface area contributed by atoms with Crippen molar-refractivity contribution in [3.05, 3.63) is 59.1 Å². The van der Waals surface area contributed by atoms with Gasteiger partial charge in [-0.1, -0.05) is 6.07 Å². The summed E-state index contributed by atoms with van der Waals surface area (Å²) in [4.78, 5) is 23.0. The molecule has 0 saturated carbocycles. The minimum atomic E-state index is 0.0147. The van der Waals surface area contributed by atoms with Crippen molar-refractivity contribution in [3.63, 3.8) is 0 Å². The second-order valence-electron chi connectivity index (χ2n) is 7.44. The maximum absolute atomic E-state index is 11.9. The molecular weight excluding hydrogens is 370 g/mol. The SMILES string of the molecule is O=C(CCCC1CCN(Cc2ccc(-c3ccsc3)nc2)CC1)c1ncco1. The van der Waals surface area contributed by atoms with Crippen LogP contribution in [0.15, 0.2) is 52.0 Å². The van der Waals surface area contributed by atoms with Crippen molar-refractivity contribution in [1.29, 1.82) is 0 Å². The lowest BCUT2D eigenvalue weighted by Gasteiger charge is -2.32. The molecule has 3 aromatic rings. The van der Waals surface area contributed by atoms with E-state index >= 15 is 0 Å². The molecule has 1 aliphatic heterocycles. The van der Waals surface area contributed by atoms with Gasteiger partial charge in [-0.15, -0.1) is 0 Å². The summed E-state index contributed by atoms with van der Waals surface area (Å²) in [5.74, 6) is 0.974. The maximum atomic E-state index is 11.9. The Morgan fingerprint density at radius 2 is 2.11 bits per heavy atom. The summed E-state index contributed by atoms with van der Waals surface area (Å²) in [5.41, 5.74) is 3.51. The van der Waals surface area contributed by atoms with E-state index in [1.54, 1.807) is 11.3 Å². The summed E-state index contributed by atoms with van der Waals surface area (Å²) >= 11 is 1.70. The number of piperidine rings is 1. The van der Waals surface area contributed by atoms with Crippen LogP contribution in [0.2, 0.25) is 0 Å². The van der Waals surface area contributed by atoms with Crippen LogP contribution >= 0.6 is 11.3 Å². The first-order valence-electron chi connectivity index (χ1n) is 9.90. The minimum Gasteiger partial charge on any atom is -0.442 e. The van der Waals surface area contributed by atoms with Crippen LogP contribution in [0.3, 0.4) is 0 Å². The largest absolute Gasteiger partial charge is 0.442 e. The highest BCUT2D eigenvalue weighted by atomic mass is 32.1. The minimum absolute atomic E-state index is 0.0147. The molecule has 4 rings (SSSR count). The molecule has 0 aromatic carbocycles. The first-order chi connectivity index (χ1) is 13.8. The normalized spacial score (nSPS) is 15.7. The van der Waals surface area contributed by atoms with Crippen molar-refractivity contribution >= 4 is 17.1 Å². The average Bonchev–Trinajstić information content (AvgIpc) is 3.44. The fourth-order valence-corrected chi connectivity index (χ4v) is 4.46. The Balaban J connectivity index is 1.17. The molecule has 0 bridgehead atoms. The highest BCUT2D eigenvalue weighted by molar-refractivity contribution is 7.08. The number of ketones is 1. The second-order valence-corrected chi connectivity index (χ2v) is 8.22. The molecule has 5 nitrogen and oxygen atoms in total. The van der Waals surface area contributed by atoms with Crippen LogP contribution in [0, 0.1) is 5.92 Å². The number of hydrogen-bond donors (Lipinski definition) is 0. The first kappa shape index (κ1) is 19.0. The molecule has 0 radical (unpaired) electrons. The van der Waals surface area contributed by atoms with E-state index < -0.39 is 0 Å². The number of pyridine rings is 1. The van der Waals surface area contributed by atoms with Crippen LogP contribution in [0.5, 0.6) is 0 Å². The molecule has 0 amide bonds. The molecule has 1 aliphatic rings. The quantitative estimate of drug-likeness (QED) is 0.499. The molecule has 1 fully saturated rings. The molecule has 146 valence electrons. The molecule has 6 heteroatoms. The van der Waals surface area contributed by atoms with Gasteiger partial charge in [0.1, 0.15) is 6.26 Å². The van der Waals surface area contributed by atoms with Crippen molar-refractivity contribution in [2.24, 2.45) is 5.92 Å². The van der Waals surface area contributed by atoms with E-state index in [4.69, 9.17) is 4.42 Å². The van der Waals surface area contributed by atoms with Gasteiger partial charge in [0.2, 0.25) is 5.78 Å². The molecular formula is C22H25N3O2S. The van der Waals surface area contributed by atoms with Crippen LogP contribution in [-0.2, 0) is 6.54 Å². The predicted octanol–water partition coefficient (Wildman–Crippen LogP) is 5.06. The summed E-state index contributed by atoms with van der Waals surface area (Å²) in [6.07, 6.45) is 9.94. The molecule has 0 atom stereocenters. The summed E-state index contributed by atoms with van der Waals surface area (Å²) in [5, 5.41) is 4.21. The number of oxazole rings is 1. The Kier molecular flexibility index (Phi) is 6.29. The summed E-state index contributed by atoms with van der Waals surface area (Å²) in [7, 11) is 0. The van der Waals surface area contributed by atoms with Gasteiger partial charge in [-0.3, -0.25) is 14.7 Å². The van der Waals surface area contributed by atoms with E-state index in [-0.39, 0.29) is 11.7 Å². The molecule has 4 heterocycles. The van der Waals surface area contributed by atoms with Crippen LogP contribution in [0.1, 0.15) is 48.4 Å². The molecule has 0 aliphatic carbocycles. The maximum Gasteiger partial charge on any atom is 0.263 e. The van der Waals surface area contributed by atoms with E-state index in [1.165, 1.54) is 36.4 Å². The standard InChI is InChI=1S/C22H25N3O2S/c26-21(22-23-9-12-27-22)3-1-2-17-6-10-25(11-7-17)15-18-4-5-20(24-14-18)19-8-13-28-16-19/h4-5,8-9,12-14,16-17H,1-3,6-7,10-11,15H2. The topological polar surface area (TPSA) is 59.2 Å². The van der Waals surface area contributed by atoms with Crippen LogP contribution in [-0.4, -0.2) is 33.7 Å². The third kappa shape index (κ3) is 4.94. The Morgan fingerprint density at radius 1 is 1.21 bits per heavy atom. The molecule has 3 aromatic heterocycles. The van der Waals surface area contributed by atoms with Gasteiger partial charge in [0.05, 0.1) is 11.9 Å². The van der Waals surface area contributed by atoms with E-state index in [9.17, 15) is 4.79 Å². The van der Waals surface area contributed by atoms with E-state index in [0.717, 1.165) is 38.2 Å². The van der Waals surface area contributed by atoms with Gasteiger partial charge in [-0.25, -0.2) is 4.98 Å². The second kappa shape index (κ2) is 9.26. The number of aromatic nitrogens is 2. The van der Waals surface area contributed by atoms with Crippen LogP contribution in [0.4, 0.5) is 0 Å². The van der Waals surface area contributed by atoms with Crippen molar-refractivity contribution in [2.45, 2.75) is 38.6 Å². The van der Waals surface area contributed by atoms with Gasteiger partial charge in [-0.2, -0.15) is 11.3 Å². The van der Waals surface area contributed by atoms with Crippen LogP contribution < -0.4 is 0 Å². The third-order valence-corrected chi connectivity index (χ3v) is 6.13. The van der Waals surface area contributed by atoms with Gasteiger partial charge < -0.3 is 4.42 Å². The number of likely N-dealkylation sites (tertiary alicyclic amines) is 1. The van der Waals surface area contributed by atoms with Crippen molar-refractivity contribution in [2.75, 3.05) is 13.1 Å². The zero-order valence-electron chi connectivity index (χ0n) is 15.9. The highest BCUT2D eigenvalue weighted by Crippen LogP contribution is 2.25. The van der Waals surface area contributed by atoms with Gasteiger partial charge in [0.25, 0.3) is 5.89 Å². The van der Waals surface area contributed by atoms with Gasteiger partial charge >= 0.3 is 0 Å². The zero-order chi connectivity index (χ0) is 19.2. The van der Waals surface area contributed by atoms with Crippen molar-refractivity contribution < 1.29 is 9.21 Å². The molecule has 0 N–H and O–H groups in total. The molecule has 28 heavy (non-hydrogen) atoms. The van der Waals surface area contributed by atoms with Crippen molar-refractivity contribution in [3.8, 4) is 11.3 Å². The Labute approximate surface area is 169 Å². The Morgan fingerprint density at radius 3 is 2.79 bits per heavy atom. The smallest absolute Gasteiger partial charge is 0.263 e. The Hall–Kier alpha value is -2.31.